The second-order valence-corrected chi connectivity index (χ2v) is 5.77. The summed E-state index contributed by atoms with van der Waals surface area (Å²) in [6.45, 7) is 8.96. The van der Waals surface area contributed by atoms with Gasteiger partial charge in [-0.3, -0.25) is 14.4 Å². The highest BCUT2D eigenvalue weighted by Crippen LogP contribution is 2.10. The molecule has 0 aromatic carbocycles. The topological polar surface area (TPSA) is 105 Å². The number of esters is 1. The van der Waals surface area contributed by atoms with Crippen molar-refractivity contribution in [1.82, 2.24) is 10.6 Å². The maximum atomic E-state index is 12.1. The maximum absolute atomic E-state index is 12.1. The molecule has 0 saturated carbocycles. The number of carbonyl (C=O) groups excluding carboxylic acids is 3. The van der Waals surface area contributed by atoms with E-state index in [1.54, 1.807) is 19.1 Å². The molecule has 0 fully saturated rings. The minimum absolute atomic E-state index is 0.00351. The Kier molecular flexibility index (Phi) is 13.0. The second kappa shape index (κ2) is 14.2. The number of rotatable bonds is 14. The number of nitrogens with one attached hydrogen (secondary N) is 2. The van der Waals surface area contributed by atoms with Gasteiger partial charge >= 0.3 is 5.97 Å². The number of unbranched alkanes of at least 4 members (excludes halogenated alkanes) is 1. The molecule has 2 amide bonds. The third kappa shape index (κ3) is 11.9. The molecule has 3 N–H and O–H groups in total. The largest absolute Gasteiger partial charge is 0.464 e. The Morgan fingerprint density at radius 3 is 2.56 bits per heavy atom. The van der Waals surface area contributed by atoms with Gasteiger partial charge in [0, 0.05) is 18.9 Å². The van der Waals surface area contributed by atoms with Crippen molar-refractivity contribution in [3.8, 4) is 0 Å². The molecule has 142 valence electrons. The molecule has 7 nitrogen and oxygen atoms in total. The van der Waals surface area contributed by atoms with Crippen LogP contribution in [0, 0.1) is 5.92 Å². The average molecular weight is 354 g/mol. The van der Waals surface area contributed by atoms with E-state index >= 15 is 0 Å². The van der Waals surface area contributed by atoms with E-state index in [0.717, 1.165) is 6.42 Å². The van der Waals surface area contributed by atoms with E-state index in [4.69, 9.17) is 9.84 Å². The van der Waals surface area contributed by atoms with E-state index in [1.807, 2.05) is 0 Å². The number of amides is 2. The monoisotopic (exact) mass is 354 g/mol. The third-order valence-corrected chi connectivity index (χ3v) is 3.39. The predicted octanol–water partition coefficient (Wildman–Crippen LogP) is 1.08. The van der Waals surface area contributed by atoms with Crippen LogP contribution >= 0.6 is 0 Å². The second-order valence-electron chi connectivity index (χ2n) is 5.77. The quantitative estimate of drug-likeness (QED) is 0.246. The summed E-state index contributed by atoms with van der Waals surface area (Å²) in [6.07, 6.45) is 5.45. The van der Waals surface area contributed by atoms with Crippen molar-refractivity contribution in [3.05, 3.63) is 25.3 Å². The van der Waals surface area contributed by atoms with Crippen LogP contribution in [-0.2, 0) is 19.1 Å². The molecule has 2 unspecified atom stereocenters. The molecule has 25 heavy (non-hydrogen) atoms. The smallest absolute Gasteiger partial charge is 0.305 e. The number of hydrogen-bond acceptors (Lipinski definition) is 5. The Hall–Kier alpha value is -2.15. The molecular formula is C18H30N2O5. The lowest BCUT2D eigenvalue weighted by atomic mass is 9.99. The minimum atomic E-state index is -0.549. The number of allylic oxidation sites excluding steroid dienone is 2. The fourth-order valence-corrected chi connectivity index (χ4v) is 2.03. The molecule has 0 saturated heterocycles. The van der Waals surface area contributed by atoms with Gasteiger partial charge in [0.2, 0.25) is 11.8 Å². The highest BCUT2D eigenvalue weighted by atomic mass is 16.5. The van der Waals surface area contributed by atoms with Crippen LogP contribution in [0.3, 0.4) is 0 Å². The summed E-state index contributed by atoms with van der Waals surface area (Å²) in [5.74, 6) is -1.46. The van der Waals surface area contributed by atoms with Crippen LogP contribution in [0.2, 0.25) is 0 Å². The number of aliphatic hydroxyl groups excluding tert-OH is 1. The number of aliphatic hydroxyl groups is 1. The fraction of sp³-hybridized carbons (Fsp3) is 0.611. The molecule has 0 bridgehead atoms. The molecule has 0 heterocycles. The molecule has 0 aromatic heterocycles. The first-order chi connectivity index (χ1) is 11.9. The summed E-state index contributed by atoms with van der Waals surface area (Å²) in [5, 5.41) is 14.2. The zero-order valence-electron chi connectivity index (χ0n) is 15.0. The van der Waals surface area contributed by atoms with Gasteiger partial charge in [0.1, 0.15) is 6.61 Å². The summed E-state index contributed by atoms with van der Waals surface area (Å²) in [4.78, 5) is 35.4. The van der Waals surface area contributed by atoms with Crippen LogP contribution in [0.4, 0.5) is 0 Å². The maximum Gasteiger partial charge on any atom is 0.305 e. The molecule has 7 heteroatoms. The van der Waals surface area contributed by atoms with E-state index < -0.39 is 5.92 Å². The Morgan fingerprint density at radius 1 is 1.24 bits per heavy atom. The summed E-state index contributed by atoms with van der Waals surface area (Å²) in [5.41, 5.74) is 0. The molecule has 0 aliphatic carbocycles. The van der Waals surface area contributed by atoms with E-state index in [0.29, 0.717) is 19.3 Å². The zero-order chi connectivity index (χ0) is 19.1. The molecule has 0 radical (unpaired) electrons. The minimum Gasteiger partial charge on any atom is -0.464 e. The molecule has 0 spiro atoms. The average Bonchev–Trinajstić information content (AvgIpc) is 2.58. The Morgan fingerprint density at radius 2 is 1.96 bits per heavy atom. The van der Waals surface area contributed by atoms with Gasteiger partial charge in [-0.2, -0.15) is 0 Å². The van der Waals surface area contributed by atoms with Crippen molar-refractivity contribution in [3.63, 3.8) is 0 Å². The zero-order valence-corrected chi connectivity index (χ0v) is 15.0. The van der Waals surface area contributed by atoms with Gasteiger partial charge in [0.05, 0.1) is 19.1 Å². The molecule has 0 aromatic rings. The van der Waals surface area contributed by atoms with Crippen LogP contribution in [0.15, 0.2) is 25.3 Å². The molecule has 0 aliphatic heterocycles. The van der Waals surface area contributed by atoms with Crippen molar-refractivity contribution in [2.24, 2.45) is 5.92 Å². The highest BCUT2D eigenvalue weighted by Gasteiger charge is 2.21. The van der Waals surface area contributed by atoms with E-state index in [-0.39, 0.29) is 50.0 Å². The lowest BCUT2D eigenvalue weighted by Gasteiger charge is -2.17. The SMILES string of the molecule is C=CCCCC(=O)OCCNC(=O)C(CC=C)CC(=O)NC(C)CO. The first kappa shape index (κ1) is 22.9. The lowest BCUT2D eigenvalue weighted by Crippen LogP contribution is -2.39. The molecule has 0 aliphatic rings. The van der Waals surface area contributed by atoms with Crippen molar-refractivity contribution < 1.29 is 24.2 Å². The van der Waals surface area contributed by atoms with Crippen LogP contribution in [-0.4, -0.2) is 48.7 Å². The van der Waals surface area contributed by atoms with Gasteiger partial charge in [0.15, 0.2) is 0 Å². The fourth-order valence-electron chi connectivity index (χ4n) is 2.03. The highest BCUT2D eigenvalue weighted by molar-refractivity contribution is 5.86. The summed E-state index contributed by atoms with van der Waals surface area (Å²) in [6, 6.07) is -0.361. The van der Waals surface area contributed by atoms with Crippen molar-refractivity contribution in [2.45, 2.75) is 45.1 Å². The van der Waals surface area contributed by atoms with Crippen LogP contribution in [0.5, 0.6) is 0 Å². The Bertz CT molecular complexity index is 451. The normalized spacial score (nSPS) is 12.6. The van der Waals surface area contributed by atoms with E-state index in [9.17, 15) is 14.4 Å². The first-order valence-electron chi connectivity index (χ1n) is 8.49. The van der Waals surface area contributed by atoms with Crippen molar-refractivity contribution >= 4 is 17.8 Å². The van der Waals surface area contributed by atoms with Gasteiger partial charge < -0.3 is 20.5 Å². The van der Waals surface area contributed by atoms with Crippen LogP contribution < -0.4 is 10.6 Å². The predicted molar refractivity (Wildman–Crippen MR) is 95.6 cm³/mol. The van der Waals surface area contributed by atoms with Gasteiger partial charge in [-0.1, -0.05) is 12.2 Å². The summed E-state index contributed by atoms with van der Waals surface area (Å²) < 4.78 is 5.01. The number of ether oxygens (including phenoxy) is 1. The van der Waals surface area contributed by atoms with E-state index in [1.165, 1.54) is 0 Å². The molecule has 0 rings (SSSR count). The molecule has 2 atom stereocenters. The lowest BCUT2D eigenvalue weighted by molar-refractivity contribution is -0.144. The van der Waals surface area contributed by atoms with Crippen molar-refractivity contribution in [2.75, 3.05) is 19.8 Å². The van der Waals surface area contributed by atoms with E-state index in [2.05, 4.69) is 23.8 Å². The summed E-state index contributed by atoms with van der Waals surface area (Å²) in [7, 11) is 0. The first-order valence-corrected chi connectivity index (χ1v) is 8.49. The summed E-state index contributed by atoms with van der Waals surface area (Å²) >= 11 is 0. The number of hydrogen-bond donors (Lipinski definition) is 3. The van der Waals surface area contributed by atoms with Crippen molar-refractivity contribution in [1.29, 1.82) is 0 Å². The van der Waals surface area contributed by atoms with Gasteiger partial charge in [-0.05, 0) is 26.2 Å². The number of carbonyl (C=O) groups is 3. The van der Waals surface area contributed by atoms with Crippen LogP contribution in [0.25, 0.3) is 0 Å². The molecular weight excluding hydrogens is 324 g/mol. The standard InChI is InChI=1S/C18H30N2O5/c1-4-6-7-9-17(23)25-11-10-19-18(24)15(8-5-2)12-16(22)20-14(3)13-21/h4-5,14-15,21H,1-2,6-13H2,3H3,(H,19,24)(H,20,22). The third-order valence-electron chi connectivity index (χ3n) is 3.39. The van der Waals surface area contributed by atoms with Gasteiger partial charge in [-0.15, -0.1) is 13.2 Å². The van der Waals surface area contributed by atoms with Crippen LogP contribution in [0.1, 0.15) is 39.0 Å². The Balaban J connectivity index is 4.15. The van der Waals surface area contributed by atoms with Gasteiger partial charge in [-0.25, -0.2) is 0 Å². The van der Waals surface area contributed by atoms with Gasteiger partial charge in [0.25, 0.3) is 0 Å². The Labute approximate surface area is 149 Å².